The second-order valence-electron chi connectivity index (χ2n) is 3.93. The molecule has 0 aliphatic rings. The van der Waals surface area contributed by atoms with Crippen molar-refractivity contribution in [3.8, 4) is 11.1 Å². The Kier molecular flexibility index (Phi) is 2.30. The van der Waals surface area contributed by atoms with Crippen molar-refractivity contribution in [3.05, 3.63) is 51.9 Å². The lowest BCUT2D eigenvalue weighted by atomic mass is 10.0. The average molecular weight is 242 g/mol. The fraction of sp³-hybridized carbons (Fsp3) is 0.0769. The van der Waals surface area contributed by atoms with Crippen LogP contribution in [0.25, 0.3) is 21.3 Å². The number of nitrogens with one attached hydrogen (secondary N) is 1. The molecule has 0 aliphatic heterocycles. The van der Waals surface area contributed by atoms with Gasteiger partial charge in [-0.3, -0.25) is 4.79 Å². The van der Waals surface area contributed by atoms with Crippen LogP contribution in [0.2, 0.25) is 0 Å². The van der Waals surface area contributed by atoms with Gasteiger partial charge < -0.3 is 4.98 Å². The van der Waals surface area contributed by atoms with Gasteiger partial charge in [0.1, 0.15) is 4.83 Å². The maximum atomic E-state index is 11.8. The topological polar surface area (TPSA) is 45.8 Å². The molecule has 84 valence electrons. The summed E-state index contributed by atoms with van der Waals surface area (Å²) in [5.74, 6) is 0. The first-order valence-corrected chi connectivity index (χ1v) is 6.15. The normalized spacial score (nSPS) is 10.9. The third kappa shape index (κ3) is 1.66. The maximum Gasteiger partial charge on any atom is 0.260 e. The SMILES string of the molecule is Cc1cccc(-c2csc3nc[nH]c(=O)c23)c1. The van der Waals surface area contributed by atoms with Gasteiger partial charge in [0.05, 0.1) is 11.7 Å². The minimum atomic E-state index is -0.0762. The Morgan fingerprint density at radius 1 is 1.35 bits per heavy atom. The molecule has 4 heteroatoms. The van der Waals surface area contributed by atoms with Crippen molar-refractivity contribution in [1.29, 1.82) is 0 Å². The summed E-state index contributed by atoms with van der Waals surface area (Å²) in [6, 6.07) is 8.13. The minimum absolute atomic E-state index is 0.0762. The molecule has 0 bridgehead atoms. The van der Waals surface area contributed by atoms with E-state index in [4.69, 9.17) is 0 Å². The van der Waals surface area contributed by atoms with Crippen molar-refractivity contribution in [1.82, 2.24) is 9.97 Å². The summed E-state index contributed by atoms with van der Waals surface area (Å²) < 4.78 is 0. The van der Waals surface area contributed by atoms with E-state index in [9.17, 15) is 4.79 Å². The first-order valence-electron chi connectivity index (χ1n) is 5.27. The fourth-order valence-electron chi connectivity index (χ4n) is 1.91. The summed E-state index contributed by atoms with van der Waals surface area (Å²) in [5, 5.41) is 2.67. The highest BCUT2D eigenvalue weighted by Crippen LogP contribution is 2.30. The number of benzene rings is 1. The van der Waals surface area contributed by atoms with E-state index in [0.717, 1.165) is 16.0 Å². The molecule has 0 unspecified atom stereocenters. The number of H-pyrrole nitrogens is 1. The number of aromatic amines is 1. The van der Waals surface area contributed by atoms with Gasteiger partial charge in [-0.05, 0) is 12.5 Å². The summed E-state index contributed by atoms with van der Waals surface area (Å²) >= 11 is 1.50. The monoisotopic (exact) mass is 242 g/mol. The summed E-state index contributed by atoms with van der Waals surface area (Å²) in [4.78, 5) is 19.4. The zero-order valence-electron chi connectivity index (χ0n) is 9.23. The van der Waals surface area contributed by atoms with E-state index in [-0.39, 0.29) is 5.56 Å². The maximum absolute atomic E-state index is 11.8. The van der Waals surface area contributed by atoms with Gasteiger partial charge in [0.25, 0.3) is 5.56 Å². The van der Waals surface area contributed by atoms with Gasteiger partial charge in [0, 0.05) is 10.9 Å². The van der Waals surface area contributed by atoms with Gasteiger partial charge in [-0.1, -0.05) is 29.8 Å². The first-order chi connectivity index (χ1) is 8.25. The van der Waals surface area contributed by atoms with Crippen LogP contribution in [0, 0.1) is 6.92 Å². The average Bonchev–Trinajstić information content (AvgIpc) is 2.74. The Balaban J connectivity index is 2.35. The number of rotatable bonds is 1. The quantitative estimate of drug-likeness (QED) is 0.713. The Bertz CT molecular complexity index is 742. The van der Waals surface area contributed by atoms with Gasteiger partial charge in [-0.25, -0.2) is 4.98 Å². The lowest BCUT2D eigenvalue weighted by Crippen LogP contribution is -2.05. The van der Waals surface area contributed by atoms with Crippen LogP contribution in [0.1, 0.15) is 5.56 Å². The van der Waals surface area contributed by atoms with E-state index in [1.165, 1.54) is 23.2 Å². The molecule has 0 fully saturated rings. The number of fused-ring (bicyclic) bond motifs is 1. The summed E-state index contributed by atoms with van der Waals surface area (Å²) in [6.45, 7) is 2.04. The van der Waals surface area contributed by atoms with E-state index >= 15 is 0 Å². The lowest BCUT2D eigenvalue weighted by Gasteiger charge is -2.00. The van der Waals surface area contributed by atoms with Crippen LogP contribution in [0.5, 0.6) is 0 Å². The molecule has 0 saturated heterocycles. The zero-order chi connectivity index (χ0) is 11.8. The van der Waals surface area contributed by atoms with Gasteiger partial charge in [-0.15, -0.1) is 11.3 Å². The van der Waals surface area contributed by atoms with E-state index < -0.39 is 0 Å². The molecule has 0 spiro atoms. The second-order valence-corrected chi connectivity index (χ2v) is 4.79. The van der Waals surface area contributed by atoms with Crippen molar-refractivity contribution in [3.63, 3.8) is 0 Å². The van der Waals surface area contributed by atoms with Crippen molar-refractivity contribution in [2.45, 2.75) is 6.92 Å². The van der Waals surface area contributed by atoms with Crippen molar-refractivity contribution < 1.29 is 0 Å². The number of aryl methyl sites for hydroxylation is 1. The molecule has 0 aliphatic carbocycles. The van der Waals surface area contributed by atoms with Crippen LogP contribution in [-0.2, 0) is 0 Å². The number of thiophene rings is 1. The highest BCUT2D eigenvalue weighted by Gasteiger charge is 2.10. The predicted octanol–water partition coefficient (Wildman–Crippen LogP) is 2.96. The summed E-state index contributed by atoms with van der Waals surface area (Å²) in [7, 11) is 0. The van der Waals surface area contributed by atoms with E-state index in [0.29, 0.717) is 5.39 Å². The van der Waals surface area contributed by atoms with Gasteiger partial charge in [0.15, 0.2) is 0 Å². The Hall–Kier alpha value is -1.94. The molecular weight excluding hydrogens is 232 g/mol. The molecule has 0 saturated carbocycles. The van der Waals surface area contributed by atoms with E-state index in [1.807, 2.05) is 30.5 Å². The molecule has 0 radical (unpaired) electrons. The second kappa shape index (κ2) is 3.82. The molecule has 0 atom stereocenters. The van der Waals surface area contributed by atoms with Crippen LogP contribution in [0.15, 0.2) is 40.8 Å². The van der Waals surface area contributed by atoms with E-state index in [1.54, 1.807) is 0 Å². The van der Waals surface area contributed by atoms with Crippen LogP contribution in [-0.4, -0.2) is 9.97 Å². The molecule has 3 aromatic rings. The third-order valence-electron chi connectivity index (χ3n) is 2.71. The molecule has 2 aromatic heterocycles. The molecule has 17 heavy (non-hydrogen) atoms. The molecule has 2 heterocycles. The summed E-state index contributed by atoms with van der Waals surface area (Å²) in [5.41, 5.74) is 3.13. The third-order valence-corrected chi connectivity index (χ3v) is 3.59. The predicted molar refractivity (Wildman–Crippen MR) is 70.4 cm³/mol. The van der Waals surface area contributed by atoms with Crippen molar-refractivity contribution in [2.75, 3.05) is 0 Å². The minimum Gasteiger partial charge on any atom is -0.313 e. The molecule has 1 aromatic carbocycles. The Morgan fingerprint density at radius 2 is 2.24 bits per heavy atom. The summed E-state index contributed by atoms with van der Waals surface area (Å²) in [6.07, 6.45) is 1.45. The number of hydrogen-bond donors (Lipinski definition) is 1. The van der Waals surface area contributed by atoms with Crippen molar-refractivity contribution in [2.24, 2.45) is 0 Å². The first kappa shape index (κ1) is 10.2. The van der Waals surface area contributed by atoms with Crippen LogP contribution >= 0.6 is 11.3 Å². The number of nitrogens with zero attached hydrogens (tertiary/aromatic N) is 1. The number of hydrogen-bond acceptors (Lipinski definition) is 3. The lowest BCUT2D eigenvalue weighted by molar-refractivity contribution is 1.18. The van der Waals surface area contributed by atoms with Crippen LogP contribution < -0.4 is 5.56 Å². The van der Waals surface area contributed by atoms with Crippen LogP contribution in [0.4, 0.5) is 0 Å². The highest BCUT2D eigenvalue weighted by molar-refractivity contribution is 7.17. The van der Waals surface area contributed by atoms with Gasteiger partial charge in [-0.2, -0.15) is 0 Å². The Labute approximate surface area is 102 Å². The highest BCUT2D eigenvalue weighted by atomic mass is 32.1. The molecule has 1 N–H and O–H groups in total. The van der Waals surface area contributed by atoms with Gasteiger partial charge >= 0.3 is 0 Å². The largest absolute Gasteiger partial charge is 0.313 e. The molecule has 3 rings (SSSR count). The fourth-order valence-corrected chi connectivity index (χ4v) is 2.83. The van der Waals surface area contributed by atoms with Crippen molar-refractivity contribution >= 4 is 21.6 Å². The Morgan fingerprint density at radius 3 is 3.06 bits per heavy atom. The zero-order valence-corrected chi connectivity index (χ0v) is 10.0. The molecule has 3 nitrogen and oxygen atoms in total. The molecular formula is C13H10N2OS. The van der Waals surface area contributed by atoms with Crippen LogP contribution in [0.3, 0.4) is 0 Å². The number of aromatic nitrogens is 2. The van der Waals surface area contributed by atoms with E-state index in [2.05, 4.69) is 16.0 Å². The smallest absolute Gasteiger partial charge is 0.260 e. The molecule has 0 amide bonds. The van der Waals surface area contributed by atoms with Gasteiger partial charge in [0.2, 0.25) is 0 Å². The standard InChI is InChI=1S/C13H10N2OS/c1-8-3-2-4-9(5-8)10-6-17-13-11(10)12(16)14-7-15-13/h2-7H,1H3,(H,14,15,16).